The normalized spacial score (nSPS) is 12.4. The van der Waals surface area contributed by atoms with Crippen molar-refractivity contribution in [1.82, 2.24) is 25.1 Å². The maximum absolute atomic E-state index is 4.55. The van der Waals surface area contributed by atoms with Gasteiger partial charge in [0, 0.05) is 22.0 Å². The molecule has 0 fully saturated rings. The van der Waals surface area contributed by atoms with Crippen molar-refractivity contribution >= 4 is 39.4 Å². The van der Waals surface area contributed by atoms with Gasteiger partial charge in [-0.3, -0.25) is 0 Å². The minimum absolute atomic E-state index is 0.0186. The Labute approximate surface area is 165 Å². The topological polar surface area (TPSA) is 76.5 Å². The van der Waals surface area contributed by atoms with Crippen molar-refractivity contribution in [2.75, 3.05) is 5.32 Å². The van der Waals surface area contributed by atoms with Gasteiger partial charge in [0.1, 0.15) is 27.2 Å². The lowest BCUT2D eigenvalue weighted by Crippen LogP contribution is -2.09. The van der Waals surface area contributed by atoms with E-state index in [0.717, 1.165) is 43.7 Å². The summed E-state index contributed by atoms with van der Waals surface area (Å²) in [7, 11) is 0. The highest BCUT2D eigenvalue weighted by atomic mass is 32.1. The van der Waals surface area contributed by atoms with E-state index in [1.165, 1.54) is 10.4 Å². The number of hydrogen-bond acceptors (Lipinski definition) is 8. The summed E-state index contributed by atoms with van der Waals surface area (Å²) in [6.07, 6.45) is 4.43. The maximum atomic E-state index is 4.55. The van der Waals surface area contributed by atoms with Crippen LogP contribution >= 0.6 is 22.7 Å². The average Bonchev–Trinajstić information content (AvgIpc) is 3.29. The van der Waals surface area contributed by atoms with Crippen molar-refractivity contribution < 1.29 is 0 Å². The zero-order valence-corrected chi connectivity index (χ0v) is 17.3. The lowest BCUT2D eigenvalue weighted by Gasteiger charge is -2.15. The van der Waals surface area contributed by atoms with Crippen LogP contribution < -0.4 is 5.32 Å². The SMILES string of the molecule is CCc1cc(-c2ncc(C)s2)cc2c(NC(C)c3nnc(C)s3)ncnc12. The monoisotopic (exact) mass is 396 g/mol. The summed E-state index contributed by atoms with van der Waals surface area (Å²) < 4.78 is 0. The zero-order valence-electron chi connectivity index (χ0n) is 15.6. The average molecular weight is 397 g/mol. The first-order chi connectivity index (χ1) is 13.0. The fourth-order valence-electron chi connectivity index (χ4n) is 2.99. The van der Waals surface area contributed by atoms with Gasteiger partial charge in [0.05, 0.1) is 11.6 Å². The Kier molecular flexibility index (Phi) is 4.84. The number of nitrogens with one attached hydrogen (secondary N) is 1. The number of hydrogen-bond donors (Lipinski definition) is 1. The molecule has 0 amide bonds. The van der Waals surface area contributed by atoms with Gasteiger partial charge in [-0.15, -0.1) is 21.5 Å². The first-order valence-electron chi connectivity index (χ1n) is 8.82. The van der Waals surface area contributed by atoms with E-state index in [9.17, 15) is 0 Å². The van der Waals surface area contributed by atoms with Crippen molar-refractivity contribution in [3.05, 3.63) is 45.1 Å². The molecule has 4 aromatic rings. The van der Waals surface area contributed by atoms with Crippen LogP contribution in [0.25, 0.3) is 21.5 Å². The third kappa shape index (κ3) is 3.54. The van der Waals surface area contributed by atoms with Gasteiger partial charge in [0.2, 0.25) is 0 Å². The highest BCUT2D eigenvalue weighted by Crippen LogP contribution is 2.33. The quantitative estimate of drug-likeness (QED) is 0.514. The third-order valence-electron chi connectivity index (χ3n) is 4.33. The summed E-state index contributed by atoms with van der Waals surface area (Å²) in [5.41, 5.74) is 3.28. The summed E-state index contributed by atoms with van der Waals surface area (Å²) in [4.78, 5) is 14.8. The fraction of sp³-hybridized carbons (Fsp3) is 0.316. The Morgan fingerprint density at radius 3 is 2.59 bits per heavy atom. The second kappa shape index (κ2) is 7.28. The predicted octanol–water partition coefficient (Wildman–Crippen LogP) is 4.96. The van der Waals surface area contributed by atoms with Crippen molar-refractivity contribution in [3.8, 4) is 10.6 Å². The Hall–Kier alpha value is -2.45. The van der Waals surface area contributed by atoms with E-state index in [1.54, 1.807) is 29.0 Å². The molecule has 0 bridgehead atoms. The second-order valence-electron chi connectivity index (χ2n) is 6.41. The number of thiazole rings is 1. The Morgan fingerprint density at radius 1 is 1.07 bits per heavy atom. The summed E-state index contributed by atoms with van der Waals surface area (Å²) in [5.74, 6) is 0.810. The predicted molar refractivity (Wildman–Crippen MR) is 111 cm³/mol. The summed E-state index contributed by atoms with van der Waals surface area (Å²) in [6, 6.07) is 4.34. The molecule has 0 spiro atoms. The first kappa shape index (κ1) is 17.9. The molecular formula is C19H20N6S2. The number of nitrogens with zero attached hydrogens (tertiary/aromatic N) is 5. The van der Waals surface area contributed by atoms with Gasteiger partial charge in [-0.05, 0) is 44.9 Å². The molecule has 0 radical (unpaired) electrons. The van der Waals surface area contributed by atoms with E-state index in [2.05, 4.69) is 63.4 Å². The standard InChI is InChI=1S/C19H20N6S2/c1-5-13-6-14(19-20-8-10(2)26-19)7-15-16(13)21-9-22-17(15)23-11(3)18-25-24-12(4)27-18/h6-9,11H,5H2,1-4H3,(H,21,22,23). The molecule has 0 aliphatic heterocycles. The first-order valence-corrected chi connectivity index (χ1v) is 10.5. The highest BCUT2D eigenvalue weighted by molar-refractivity contribution is 7.15. The minimum atomic E-state index is 0.0186. The van der Waals surface area contributed by atoms with Crippen molar-refractivity contribution in [1.29, 1.82) is 0 Å². The molecule has 1 atom stereocenters. The smallest absolute Gasteiger partial charge is 0.139 e. The number of anilines is 1. The lowest BCUT2D eigenvalue weighted by atomic mass is 10.0. The van der Waals surface area contributed by atoms with Crippen LogP contribution in [0.15, 0.2) is 24.7 Å². The van der Waals surface area contributed by atoms with Gasteiger partial charge in [0.25, 0.3) is 0 Å². The molecule has 0 saturated carbocycles. The molecule has 0 saturated heterocycles. The molecule has 1 aromatic carbocycles. The van der Waals surface area contributed by atoms with Crippen LogP contribution in [0.3, 0.4) is 0 Å². The lowest BCUT2D eigenvalue weighted by molar-refractivity contribution is 0.831. The largest absolute Gasteiger partial charge is 0.360 e. The van der Waals surface area contributed by atoms with E-state index < -0.39 is 0 Å². The number of rotatable bonds is 5. The summed E-state index contributed by atoms with van der Waals surface area (Å²) in [5, 5.41) is 15.8. The molecule has 3 heterocycles. The zero-order chi connectivity index (χ0) is 19.0. The Morgan fingerprint density at radius 2 is 1.93 bits per heavy atom. The van der Waals surface area contributed by atoms with Crippen molar-refractivity contribution in [3.63, 3.8) is 0 Å². The van der Waals surface area contributed by atoms with Crippen LogP contribution in [0.4, 0.5) is 5.82 Å². The van der Waals surface area contributed by atoms with Crippen molar-refractivity contribution in [2.45, 2.75) is 40.2 Å². The molecule has 4 rings (SSSR count). The van der Waals surface area contributed by atoms with Crippen LogP contribution in [0.2, 0.25) is 0 Å². The van der Waals surface area contributed by atoms with Gasteiger partial charge in [-0.1, -0.05) is 18.3 Å². The number of aryl methyl sites for hydroxylation is 3. The summed E-state index contributed by atoms with van der Waals surface area (Å²) in [6.45, 7) is 8.25. The van der Waals surface area contributed by atoms with Crippen LogP contribution in [-0.4, -0.2) is 25.1 Å². The molecule has 1 unspecified atom stereocenters. The summed E-state index contributed by atoms with van der Waals surface area (Å²) >= 11 is 3.29. The van der Waals surface area contributed by atoms with E-state index >= 15 is 0 Å². The molecule has 3 aromatic heterocycles. The minimum Gasteiger partial charge on any atom is -0.360 e. The molecule has 8 heteroatoms. The number of aromatic nitrogens is 5. The molecular weight excluding hydrogens is 376 g/mol. The van der Waals surface area contributed by atoms with Gasteiger partial charge >= 0.3 is 0 Å². The van der Waals surface area contributed by atoms with E-state index in [4.69, 9.17) is 0 Å². The number of fused-ring (bicyclic) bond motifs is 1. The fourth-order valence-corrected chi connectivity index (χ4v) is 4.44. The van der Waals surface area contributed by atoms with Gasteiger partial charge in [0.15, 0.2) is 0 Å². The Bertz CT molecular complexity index is 1100. The van der Waals surface area contributed by atoms with E-state index in [-0.39, 0.29) is 6.04 Å². The van der Waals surface area contributed by atoms with Gasteiger partial charge in [-0.2, -0.15) is 0 Å². The van der Waals surface area contributed by atoms with Crippen LogP contribution in [-0.2, 0) is 6.42 Å². The second-order valence-corrected chi connectivity index (χ2v) is 8.86. The number of benzene rings is 1. The highest BCUT2D eigenvalue weighted by Gasteiger charge is 2.16. The van der Waals surface area contributed by atoms with Crippen LogP contribution in [0, 0.1) is 13.8 Å². The van der Waals surface area contributed by atoms with E-state index in [0.29, 0.717) is 0 Å². The van der Waals surface area contributed by atoms with Crippen LogP contribution in [0.5, 0.6) is 0 Å². The Balaban J connectivity index is 1.80. The van der Waals surface area contributed by atoms with Crippen LogP contribution in [0.1, 0.15) is 40.3 Å². The van der Waals surface area contributed by atoms with Crippen molar-refractivity contribution in [2.24, 2.45) is 0 Å². The molecule has 138 valence electrons. The van der Waals surface area contributed by atoms with Gasteiger partial charge < -0.3 is 5.32 Å². The maximum Gasteiger partial charge on any atom is 0.139 e. The molecule has 0 aliphatic carbocycles. The molecule has 6 nitrogen and oxygen atoms in total. The molecule has 27 heavy (non-hydrogen) atoms. The van der Waals surface area contributed by atoms with E-state index in [1.807, 2.05) is 13.1 Å². The molecule has 1 N–H and O–H groups in total. The third-order valence-corrected chi connectivity index (χ3v) is 6.32. The van der Waals surface area contributed by atoms with Gasteiger partial charge in [-0.25, -0.2) is 15.0 Å². The molecule has 0 aliphatic rings.